The van der Waals surface area contributed by atoms with Gasteiger partial charge in [0.15, 0.2) is 0 Å². The zero-order chi connectivity index (χ0) is 63.5. The highest BCUT2D eigenvalue weighted by atomic mass is 16.5. The predicted molar refractivity (Wildman–Crippen MR) is 355 cm³/mol. The number of nitrogens with one attached hydrogen (secondary N) is 9. The number of rotatable bonds is 16. The smallest absolute Gasteiger partial charge is 0.323 e. The van der Waals surface area contributed by atoms with Crippen LogP contribution in [0.15, 0.2) is 72.8 Å². The van der Waals surface area contributed by atoms with Crippen molar-refractivity contribution in [1.29, 1.82) is 0 Å². The lowest BCUT2D eigenvalue weighted by molar-refractivity contribution is -0.143. The molecule has 6 aliphatic heterocycles. The van der Waals surface area contributed by atoms with Crippen molar-refractivity contribution >= 4 is 58.6 Å². The number of hydrogen-bond donors (Lipinski definition) is 9. The van der Waals surface area contributed by atoms with Crippen LogP contribution in [0.25, 0.3) is 0 Å². The standard InChI is InChI=1S/C71H98N12O7/c1-40(2)75-69(87)77-52-18-15-41(3)56(34-52)59-32-49-38-73-44(6)29-64(49)82(67(59)85)25-24-47-17-19-53(78-70(88)76-51-13-11-10-12-14-51)36-58(47)61-33-50-39-74-45(7)30-65(50)83(68(61)86)26-23-46-16-20-54(79-71(89)80-62-22-21-55(90-9)27-42(62)4)35-57(46)60-31-48-37-72-43(5)28-63(48)81(8)66(60)84/h15-22,27,34-36,40,43-45,48-51,59-61,63-65,72-74H,10-14,23-26,28-33,37-39H2,1-9H3,(H2,75,77,87)(H2,76,78,88)(H2,79,80,89). The van der Waals surface area contributed by atoms with Crippen molar-refractivity contribution in [2.45, 2.75) is 198 Å². The zero-order valence-electron chi connectivity index (χ0n) is 54.4. The van der Waals surface area contributed by atoms with Crippen molar-refractivity contribution in [3.8, 4) is 5.75 Å². The molecule has 1 saturated carbocycles. The van der Waals surface area contributed by atoms with Gasteiger partial charge >= 0.3 is 18.1 Å². The van der Waals surface area contributed by atoms with E-state index in [1.165, 1.54) is 6.42 Å². The minimum absolute atomic E-state index is 0.0171. The molecule has 0 spiro atoms. The molecule has 11 rings (SSSR count). The number of fused-ring (bicyclic) bond motifs is 3. The first kappa shape index (κ1) is 64.3. The van der Waals surface area contributed by atoms with E-state index in [0.717, 1.165) is 104 Å². The Morgan fingerprint density at radius 2 is 1.02 bits per heavy atom. The van der Waals surface area contributed by atoms with Gasteiger partial charge < -0.3 is 67.3 Å². The summed E-state index contributed by atoms with van der Waals surface area (Å²) in [5.74, 6) is 0.0106. The molecule has 4 aromatic carbocycles. The van der Waals surface area contributed by atoms with Gasteiger partial charge in [-0.2, -0.15) is 0 Å². The minimum Gasteiger partial charge on any atom is -0.497 e. The number of anilines is 4. The molecule has 6 saturated heterocycles. The molecular formula is C71H98N12O7. The van der Waals surface area contributed by atoms with Crippen molar-refractivity contribution < 1.29 is 33.5 Å². The summed E-state index contributed by atoms with van der Waals surface area (Å²) in [5.41, 5.74) is 8.88. The first-order valence-corrected chi connectivity index (χ1v) is 33.6. The van der Waals surface area contributed by atoms with Gasteiger partial charge in [-0.05, 0) is 224 Å². The van der Waals surface area contributed by atoms with E-state index in [1.807, 2.05) is 106 Å². The normalized spacial score (nSPS) is 27.9. The molecule has 1 aliphatic carbocycles. The molecule has 0 aromatic heterocycles. The number of amides is 9. The van der Waals surface area contributed by atoms with Crippen molar-refractivity contribution in [2.24, 2.45) is 17.8 Å². The van der Waals surface area contributed by atoms with E-state index in [1.54, 1.807) is 7.11 Å². The number of urea groups is 3. The third kappa shape index (κ3) is 14.6. The van der Waals surface area contributed by atoms with Gasteiger partial charge in [-0.1, -0.05) is 37.5 Å². The first-order valence-electron chi connectivity index (χ1n) is 33.6. The number of carbonyl (C=O) groups excluding carboxylic acids is 6. The van der Waals surface area contributed by atoms with Crippen LogP contribution in [0, 0.1) is 31.6 Å². The lowest BCUT2D eigenvalue weighted by Gasteiger charge is -2.49. The Labute approximate surface area is 532 Å². The van der Waals surface area contributed by atoms with Crippen molar-refractivity contribution in [3.05, 3.63) is 112 Å². The molecule has 7 aliphatic rings. The van der Waals surface area contributed by atoms with Gasteiger partial charge in [-0.15, -0.1) is 0 Å². The topological polar surface area (TPSA) is 230 Å². The minimum atomic E-state index is -0.549. The van der Waals surface area contributed by atoms with Gasteiger partial charge in [0.05, 0.1) is 24.9 Å². The highest BCUT2D eigenvalue weighted by molar-refractivity contribution is 6.00. The number of hydrogen-bond acceptors (Lipinski definition) is 10. The fraction of sp³-hybridized carbons (Fsp3) is 0.577. The van der Waals surface area contributed by atoms with Gasteiger partial charge in [0.2, 0.25) is 17.7 Å². The van der Waals surface area contributed by atoms with Crippen LogP contribution in [0.2, 0.25) is 0 Å². The number of carbonyl (C=O) groups is 6. The summed E-state index contributed by atoms with van der Waals surface area (Å²) in [6.07, 6.45) is 10.7. The number of aryl methyl sites for hydroxylation is 2. The van der Waals surface area contributed by atoms with Crippen LogP contribution in [0.3, 0.4) is 0 Å². The van der Waals surface area contributed by atoms with Gasteiger partial charge in [0.1, 0.15) is 5.75 Å². The van der Waals surface area contributed by atoms with Gasteiger partial charge in [-0.25, -0.2) is 14.4 Å². The Bertz CT molecular complexity index is 3290. The van der Waals surface area contributed by atoms with E-state index in [0.29, 0.717) is 79.7 Å². The summed E-state index contributed by atoms with van der Waals surface area (Å²) in [4.78, 5) is 92.9. The van der Waals surface area contributed by atoms with Crippen LogP contribution in [-0.2, 0) is 27.2 Å². The molecular weight excluding hydrogens is 1130 g/mol. The zero-order valence-corrected chi connectivity index (χ0v) is 54.4. The maximum atomic E-state index is 16.0. The summed E-state index contributed by atoms with van der Waals surface area (Å²) in [6, 6.07) is 23.2. The average Bonchev–Trinajstić information content (AvgIpc) is 0.919. The Morgan fingerprint density at radius 3 is 1.56 bits per heavy atom. The number of nitrogens with zero attached hydrogens (tertiary/aromatic N) is 3. The maximum Gasteiger partial charge on any atom is 0.323 e. The fourth-order valence-corrected chi connectivity index (χ4v) is 16.3. The number of methoxy groups -OCH3 is 1. The third-order valence-electron chi connectivity index (χ3n) is 21.1. The number of benzene rings is 4. The van der Waals surface area contributed by atoms with E-state index in [-0.39, 0.29) is 89.8 Å². The fourth-order valence-electron chi connectivity index (χ4n) is 16.3. The van der Waals surface area contributed by atoms with Crippen LogP contribution in [0.1, 0.15) is 162 Å². The molecule has 4 aromatic rings. The summed E-state index contributed by atoms with van der Waals surface area (Å²) < 4.78 is 5.40. The Hall–Kier alpha value is -7.22. The van der Waals surface area contributed by atoms with Crippen LogP contribution in [0.5, 0.6) is 5.75 Å². The number of piperidine rings is 6. The van der Waals surface area contributed by atoms with E-state index in [9.17, 15) is 19.2 Å². The quantitative estimate of drug-likeness (QED) is 0.0516. The predicted octanol–water partition coefficient (Wildman–Crippen LogP) is 10.1. The van der Waals surface area contributed by atoms with E-state index in [4.69, 9.17) is 4.74 Å². The maximum absolute atomic E-state index is 16.0. The molecule has 19 heteroatoms. The number of ether oxygens (including phenoxy) is 1. The molecule has 7 fully saturated rings. The van der Waals surface area contributed by atoms with Crippen molar-refractivity contribution in [2.75, 3.05) is 68.1 Å². The molecule has 0 bridgehead atoms. The molecule has 12 atom stereocenters. The van der Waals surface area contributed by atoms with Gasteiger partial charge in [-0.3, -0.25) is 14.4 Å². The Morgan fingerprint density at radius 1 is 0.544 bits per heavy atom. The van der Waals surface area contributed by atoms with Crippen LogP contribution in [-0.4, -0.2) is 146 Å². The van der Waals surface area contributed by atoms with E-state index in [2.05, 4.69) is 84.5 Å². The molecule has 9 N–H and O–H groups in total. The highest BCUT2D eigenvalue weighted by Gasteiger charge is 2.48. The molecule has 6 heterocycles. The molecule has 19 nitrogen and oxygen atoms in total. The summed E-state index contributed by atoms with van der Waals surface area (Å²) in [5, 5.41) is 29.5. The third-order valence-corrected chi connectivity index (χ3v) is 21.1. The molecule has 90 heavy (non-hydrogen) atoms. The van der Waals surface area contributed by atoms with Crippen LogP contribution >= 0.6 is 0 Å². The lowest BCUT2D eigenvalue weighted by atomic mass is 9.73. The second-order valence-corrected chi connectivity index (χ2v) is 27.8. The summed E-state index contributed by atoms with van der Waals surface area (Å²) in [7, 11) is 3.55. The summed E-state index contributed by atoms with van der Waals surface area (Å²) in [6.45, 7) is 17.5. The van der Waals surface area contributed by atoms with Crippen molar-refractivity contribution in [1.82, 2.24) is 41.3 Å². The number of likely N-dealkylation sites (N-methyl/N-ethyl adjacent to an activating group) is 1. The van der Waals surface area contributed by atoms with E-state index >= 15 is 9.59 Å². The monoisotopic (exact) mass is 1230 g/mol. The van der Waals surface area contributed by atoms with Gasteiger partial charge in [0.25, 0.3) is 0 Å². The Kier molecular flexibility index (Phi) is 20.1. The average molecular weight is 1230 g/mol. The SMILES string of the molecule is COc1ccc(NC(=O)Nc2ccc(CCN3C(=O)C(c4cc(NC(=O)NC5CCCCC5)ccc4CCN4C(=O)C(c5cc(NC(=O)NC(C)C)ccc5C)CC5CNC(C)CC54)CC4CNC(C)CC43)c(C3CC4CNC(C)CC4N(C)C3=O)c2)c(C)c1. The molecule has 484 valence electrons. The first-order chi connectivity index (χ1) is 43.3. The number of likely N-dealkylation sites (tertiary alicyclic amines) is 3. The van der Waals surface area contributed by atoms with E-state index < -0.39 is 23.8 Å². The van der Waals surface area contributed by atoms with Crippen LogP contribution in [0.4, 0.5) is 37.1 Å². The van der Waals surface area contributed by atoms with Crippen LogP contribution < -0.4 is 52.6 Å². The molecule has 9 amide bonds. The molecule has 0 radical (unpaired) electrons. The largest absolute Gasteiger partial charge is 0.497 e. The second-order valence-electron chi connectivity index (χ2n) is 27.8. The molecule has 12 unspecified atom stereocenters. The van der Waals surface area contributed by atoms with Crippen molar-refractivity contribution in [3.63, 3.8) is 0 Å². The highest BCUT2D eigenvalue weighted by Crippen LogP contribution is 2.45. The van der Waals surface area contributed by atoms with Gasteiger partial charge in [0, 0.05) is 111 Å². The lowest BCUT2D eigenvalue weighted by Crippen LogP contribution is -2.60. The Balaban J connectivity index is 0.904. The second kappa shape index (κ2) is 28.1. The summed E-state index contributed by atoms with van der Waals surface area (Å²) >= 11 is 0.